The Morgan fingerprint density at radius 2 is 1.15 bits per heavy atom. The monoisotopic (exact) mass is 905 g/mol. The second-order valence-corrected chi connectivity index (χ2v) is 25.7. The van der Waals surface area contributed by atoms with Crippen LogP contribution in [0.25, 0.3) is 0 Å². The van der Waals surface area contributed by atoms with Gasteiger partial charge in [0.15, 0.2) is 11.6 Å². The molecule has 4 heterocycles. The topological polar surface area (TPSA) is 152 Å². The molecule has 0 aromatic carbocycles. The number of esters is 2. The minimum absolute atomic E-state index is 0.0391. The molecule has 3 spiro atoms. The van der Waals surface area contributed by atoms with Crippen molar-refractivity contribution in [3.8, 4) is 0 Å². The molecule has 66 heavy (non-hydrogen) atoms. The van der Waals surface area contributed by atoms with E-state index in [4.69, 9.17) is 18.9 Å². The van der Waals surface area contributed by atoms with Crippen molar-refractivity contribution in [2.24, 2.45) is 86.3 Å². The Hall–Kier alpha value is -2.92. The third-order valence-corrected chi connectivity index (χ3v) is 24.3. The minimum atomic E-state index is -0.834. The molecule has 0 amide bonds. The first-order valence-electron chi connectivity index (χ1n) is 26.3. The Balaban J connectivity index is 0.688. The lowest BCUT2D eigenvalue weighted by Crippen LogP contribution is -2.63. The van der Waals surface area contributed by atoms with Crippen molar-refractivity contribution in [3.05, 3.63) is 47.6 Å². The third kappa shape index (κ3) is 4.90. The molecule has 0 radical (unpaired) electrons. The number of hydrogen-bond acceptors (Lipinski definition) is 10. The van der Waals surface area contributed by atoms with Crippen molar-refractivity contribution in [2.45, 2.75) is 186 Å². The van der Waals surface area contributed by atoms with E-state index >= 15 is 0 Å². The van der Waals surface area contributed by atoms with E-state index in [1.54, 1.807) is 24.3 Å². The molecule has 356 valence electrons. The normalized spacial score (nSPS) is 56.9. The molecule has 10 heteroatoms. The third-order valence-electron chi connectivity index (χ3n) is 24.3. The summed E-state index contributed by atoms with van der Waals surface area (Å²) in [6.45, 7) is 18.3. The summed E-state index contributed by atoms with van der Waals surface area (Å²) < 4.78 is 25.8. The largest absolute Gasteiger partial charge is 0.461 e. The van der Waals surface area contributed by atoms with Gasteiger partial charge in [-0.15, -0.1) is 0 Å². The summed E-state index contributed by atoms with van der Waals surface area (Å²) in [6, 6.07) is 0. The lowest BCUT2D eigenvalue weighted by atomic mass is 9.44. The van der Waals surface area contributed by atoms with Crippen molar-refractivity contribution >= 4 is 23.5 Å². The van der Waals surface area contributed by atoms with Crippen molar-refractivity contribution in [1.29, 1.82) is 0 Å². The predicted molar refractivity (Wildman–Crippen MR) is 242 cm³/mol. The number of ketones is 2. The van der Waals surface area contributed by atoms with Crippen LogP contribution >= 0.6 is 0 Å². The van der Waals surface area contributed by atoms with Crippen LogP contribution in [0, 0.1) is 86.3 Å². The van der Waals surface area contributed by atoms with Gasteiger partial charge in [0.1, 0.15) is 35.6 Å². The van der Waals surface area contributed by atoms with E-state index in [9.17, 15) is 29.4 Å². The summed E-state index contributed by atoms with van der Waals surface area (Å²) >= 11 is 0. The van der Waals surface area contributed by atoms with Gasteiger partial charge in [0.25, 0.3) is 0 Å². The average molecular weight is 905 g/mol. The van der Waals surface area contributed by atoms with E-state index in [0.29, 0.717) is 67.6 Å². The van der Waals surface area contributed by atoms with Gasteiger partial charge in [0.2, 0.25) is 0 Å². The molecule has 10 nitrogen and oxygen atoms in total. The van der Waals surface area contributed by atoms with E-state index in [2.05, 4.69) is 48.1 Å². The van der Waals surface area contributed by atoms with Crippen molar-refractivity contribution in [3.63, 3.8) is 0 Å². The van der Waals surface area contributed by atoms with Crippen LogP contribution in [0.3, 0.4) is 0 Å². The van der Waals surface area contributed by atoms with Gasteiger partial charge < -0.3 is 29.2 Å². The van der Waals surface area contributed by atoms with Crippen molar-refractivity contribution < 1.29 is 48.3 Å². The first kappa shape index (κ1) is 43.1. The van der Waals surface area contributed by atoms with E-state index in [-0.39, 0.29) is 82.4 Å². The van der Waals surface area contributed by atoms with E-state index in [1.807, 2.05) is 0 Å². The Bertz CT molecular complexity index is 2330. The van der Waals surface area contributed by atoms with Gasteiger partial charge >= 0.3 is 11.9 Å². The molecule has 2 N–H and O–H groups in total. The number of fused-ring (bicyclic) bond motifs is 8. The summed E-state index contributed by atoms with van der Waals surface area (Å²) in [7, 11) is 0. The molecular formula is C56H72O10. The molecule has 23 atom stereocenters. The lowest BCUT2D eigenvalue weighted by Gasteiger charge is -2.58. The number of cyclic esters (lactones) is 2. The number of aliphatic hydroxyl groups excluding tert-OH is 2. The fraction of sp³-hybridized carbons (Fsp3) is 0.786. The lowest BCUT2D eigenvalue weighted by molar-refractivity contribution is -0.173. The van der Waals surface area contributed by atoms with Crippen LogP contribution in [-0.4, -0.2) is 81.5 Å². The smallest absolute Gasteiger partial charge is 0.334 e. The Labute approximate surface area is 390 Å². The van der Waals surface area contributed by atoms with Crippen molar-refractivity contribution in [1.82, 2.24) is 0 Å². The maximum atomic E-state index is 14.7. The highest BCUT2D eigenvalue weighted by atomic mass is 16.6. The van der Waals surface area contributed by atoms with E-state index < -0.39 is 39.7 Å². The number of carbonyl (C=O) groups excluding carboxylic acids is 4. The molecule has 13 rings (SSSR count). The van der Waals surface area contributed by atoms with Crippen LogP contribution in [0.15, 0.2) is 47.6 Å². The molecule has 6 saturated carbocycles. The zero-order valence-electron chi connectivity index (χ0n) is 40.0. The fourth-order valence-electron chi connectivity index (χ4n) is 20.7. The second-order valence-electron chi connectivity index (χ2n) is 25.7. The standard InChI is InChI=1S/C56H72O10/c1-27-22-40(28(2)34-8-10-36-32-24-46-55(65-46)44(59)14-12-42(57)52(55,6)38(32)17-19-50(34,36)4)64-49(62)54(27)21-16-31-30(26-54)23-41(63-48(31)61)29(3)35-9-11-37-33-25-47-56(66-47)45(60)15-13-43(58)53(56,7)39(33)18-20-51(35,37)5/h12-15,28-29,32-41,44-47,59-60H,1,8-11,16-26H2,2-7H3/t28-,29-,32-,33-,34+,35+,36-,37-,38-,39-,40-,41-,44-,45-,46+,47+,50+,51+,52-,53-,54+,55+,56+/m0/s1. The number of rotatable bonds is 4. The van der Waals surface area contributed by atoms with Crippen LogP contribution < -0.4 is 0 Å². The predicted octanol–water partition coefficient (Wildman–Crippen LogP) is 8.12. The SMILES string of the molecule is C=C1C[C@@H]([C@@H](C)[C@H]2CC[C@H]3[C@@H]4C[C@H]5O[C@]56[C@@H](O)C=CC(=O)[C@]6(C)[C@H]4CC[C@]23C)OC(=O)[C@@]12CCC1=C(C[C@@H]([C@@H](C)[C@H]3CC[C@H]4[C@@H]5C[C@H]6O[C@]67[C@@H](O)C=CC(=O)[C@]7(C)[C@H]5CC[C@]34C)OC1=O)C2. The average Bonchev–Trinajstić information content (AvgIpc) is 4.14. The van der Waals surface area contributed by atoms with E-state index in [1.165, 1.54) is 0 Å². The van der Waals surface area contributed by atoms with Gasteiger partial charge in [0.05, 0.1) is 28.5 Å². The van der Waals surface area contributed by atoms with Crippen LogP contribution in [0.4, 0.5) is 0 Å². The van der Waals surface area contributed by atoms with Crippen LogP contribution in [0.5, 0.6) is 0 Å². The molecule has 0 unspecified atom stereocenters. The molecule has 0 aromatic rings. The Kier molecular flexibility index (Phi) is 8.81. The van der Waals surface area contributed by atoms with Gasteiger partial charge in [-0.25, -0.2) is 4.79 Å². The summed E-state index contributed by atoms with van der Waals surface area (Å²) in [4.78, 5) is 56.0. The Morgan fingerprint density at radius 3 is 1.65 bits per heavy atom. The summed E-state index contributed by atoms with van der Waals surface area (Å²) in [5.41, 5.74) is -0.951. The zero-order chi connectivity index (χ0) is 46.0. The summed E-state index contributed by atoms with van der Waals surface area (Å²) in [6.07, 6.45) is 17.0. The molecule has 0 bridgehead atoms. The van der Waals surface area contributed by atoms with Crippen LogP contribution in [0.1, 0.15) is 138 Å². The summed E-state index contributed by atoms with van der Waals surface area (Å²) in [5.74, 6) is 2.77. The van der Waals surface area contributed by atoms with Gasteiger partial charge in [-0.1, -0.05) is 45.4 Å². The van der Waals surface area contributed by atoms with Gasteiger partial charge in [-0.2, -0.15) is 0 Å². The fourth-order valence-corrected chi connectivity index (χ4v) is 20.7. The quantitative estimate of drug-likeness (QED) is 0.161. The molecule has 0 aromatic heterocycles. The molecule has 3 saturated heterocycles. The van der Waals surface area contributed by atoms with E-state index in [0.717, 1.165) is 80.9 Å². The van der Waals surface area contributed by atoms with Crippen LogP contribution in [-0.2, 0) is 38.1 Å². The zero-order valence-corrected chi connectivity index (χ0v) is 40.0. The highest BCUT2D eigenvalue weighted by Crippen LogP contribution is 2.75. The first-order valence-corrected chi connectivity index (χ1v) is 26.3. The number of hydrogen-bond donors (Lipinski definition) is 2. The minimum Gasteiger partial charge on any atom is -0.461 e. The highest BCUT2D eigenvalue weighted by Gasteiger charge is 2.82. The molecule has 4 aliphatic heterocycles. The van der Waals surface area contributed by atoms with Gasteiger partial charge in [-0.05, 0) is 192 Å². The molecule has 13 aliphatic rings. The highest BCUT2D eigenvalue weighted by molar-refractivity contribution is 5.99. The number of carbonyl (C=O) groups is 4. The number of allylic oxidation sites excluding steroid dienone is 2. The van der Waals surface area contributed by atoms with Gasteiger partial charge in [0, 0.05) is 18.4 Å². The van der Waals surface area contributed by atoms with Crippen LogP contribution in [0.2, 0.25) is 0 Å². The van der Waals surface area contributed by atoms with Gasteiger partial charge in [-0.3, -0.25) is 14.4 Å². The molecular weight excluding hydrogens is 833 g/mol. The molecule has 9 aliphatic carbocycles. The maximum Gasteiger partial charge on any atom is 0.334 e. The molecule has 9 fully saturated rings. The maximum absolute atomic E-state index is 14.7. The number of epoxide rings is 2. The Morgan fingerprint density at radius 1 is 0.652 bits per heavy atom. The number of ether oxygens (including phenoxy) is 4. The number of aliphatic hydroxyl groups is 2. The van der Waals surface area contributed by atoms with Crippen molar-refractivity contribution in [2.75, 3.05) is 0 Å². The first-order chi connectivity index (χ1) is 31.3. The summed E-state index contributed by atoms with van der Waals surface area (Å²) in [5, 5.41) is 22.3. The second kappa shape index (κ2) is 13.5.